The highest BCUT2D eigenvalue weighted by Gasteiger charge is 2.49. The minimum atomic E-state index is -5.87. The molecule has 0 aromatic heterocycles. The van der Waals surface area contributed by atoms with E-state index >= 15 is 0 Å². The molecule has 0 fully saturated rings. The Morgan fingerprint density at radius 1 is 0.833 bits per heavy atom. The molecule has 5 rings (SSSR count). The van der Waals surface area contributed by atoms with Crippen LogP contribution in [0.3, 0.4) is 0 Å². The van der Waals surface area contributed by atoms with Gasteiger partial charge in [0.1, 0.15) is 0 Å². The number of aryl methyl sites for hydroxylation is 1. The molecule has 1 N–H and O–H groups in total. The van der Waals surface area contributed by atoms with Gasteiger partial charge < -0.3 is 5.32 Å². The first-order valence-electron chi connectivity index (χ1n) is 11.3. The van der Waals surface area contributed by atoms with E-state index < -0.39 is 26.4 Å². The van der Waals surface area contributed by atoms with Crippen molar-refractivity contribution in [2.45, 2.75) is 18.3 Å². The number of anilines is 1. The molecule has 186 valence electrons. The molecule has 2 aliphatic heterocycles. The van der Waals surface area contributed by atoms with E-state index in [9.17, 15) is 21.6 Å². The van der Waals surface area contributed by atoms with Crippen LogP contribution < -0.4 is 5.32 Å². The van der Waals surface area contributed by atoms with Crippen LogP contribution >= 0.6 is 10.8 Å². The van der Waals surface area contributed by atoms with Gasteiger partial charge in [-0.15, -0.1) is 0 Å². The summed E-state index contributed by atoms with van der Waals surface area (Å²) in [6, 6.07) is 23.8. The molecular weight excluding hydrogens is 507 g/mol. The van der Waals surface area contributed by atoms with E-state index in [4.69, 9.17) is 3.63 Å². The van der Waals surface area contributed by atoms with E-state index in [1.54, 1.807) is 48.6 Å². The zero-order valence-electron chi connectivity index (χ0n) is 19.0. The van der Waals surface area contributed by atoms with Crippen LogP contribution in [0.2, 0.25) is 0 Å². The van der Waals surface area contributed by atoms with Crippen LogP contribution in [-0.2, 0) is 20.2 Å². The van der Waals surface area contributed by atoms with Gasteiger partial charge in [-0.3, -0.25) is 0 Å². The summed E-state index contributed by atoms with van der Waals surface area (Å²) in [6.45, 7) is 0.846. The molecule has 3 aromatic rings. The van der Waals surface area contributed by atoms with Crippen LogP contribution in [0.15, 0.2) is 91.0 Å². The topological polar surface area (TPSA) is 55.4 Å². The summed E-state index contributed by atoms with van der Waals surface area (Å²) < 4.78 is 69.9. The van der Waals surface area contributed by atoms with E-state index in [1.165, 1.54) is 0 Å². The number of halogens is 3. The predicted molar refractivity (Wildman–Crippen MR) is 140 cm³/mol. The largest absolute Gasteiger partial charge is 0.524 e. The molecule has 36 heavy (non-hydrogen) atoms. The van der Waals surface area contributed by atoms with Gasteiger partial charge in [-0.25, -0.2) is 0 Å². The van der Waals surface area contributed by atoms with Crippen LogP contribution in [0, 0.1) is 0 Å². The van der Waals surface area contributed by atoms with Crippen molar-refractivity contribution in [3.8, 4) is 0 Å². The first-order valence-corrected chi connectivity index (χ1v) is 13.8. The molecule has 0 spiro atoms. The van der Waals surface area contributed by atoms with Crippen molar-refractivity contribution in [3.63, 3.8) is 0 Å². The number of benzene rings is 3. The molecule has 3 aromatic carbocycles. The minimum absolute atomic E-state index is 0.357. The van der Waals surface area contributed by atoms with Crippen molar-refractivity contribution in [2.24, 2.45) is 0 Å². The number of alkyl halides is 3. The van der Waals surface area contributed by atoms with Crippen molar-refractivity contribution in [1.82, 2.24) is 0 Å². The molecule has 0 bridgehead atoms. The molecule has 0 saturated heterocycles. The van der Waals surface area contributed by atoms with Crippen molar-refractivity contribution in [3.05, 3.63) is 113 Å². The molecule has 0 aliphatic carbocycles. The van der Waals surface area contributed by atoms with E-state index in [0.29, 0.717) is 20.9 Å². The fraction of sp³-hybridized carbons (Fsp3) is 0.148. The third-order valence-electron chi connectivity index (χ3n) is 5.91. The fourth-order valence-electron chi connectivity index (χ4n) is 4.16. The third-order valence-corrected chi connectivity index (χ3v) is 9.24. The molecule has 2 heterocycles. The number of rotatable bonds is 5. The Hall–Kier alpha value is -3.14. The monoisotopic (exact) mass is 529 g/mol. The maximum absolute atomic E-state index is 13.5. The molecule has 2 aliphatic rings. The van der Waals surface area contributed by atoms with Gasteiger partial charge in [-0.1, -0.05) is 66.7 Å². The molecule has 9 heteroatoms. The van der Waals surface area contributed by atoms with Gasteiger partial charge in [0.15, 0.2) is 0 Å². The number of allylic oxidation sites excluding steroid dienone is 3. The Morgan fingerprint density at radius 3 is 2.17 bits per heavy atom. The van der Waals surface area contributed by atoms with Crippen LogP contribution in [0.1, 0.15) is 28.7 Å². The first-order chi connectivity index (χ1) is 17.2. The Morgan fingerprint density at radius 2 is 1.50 bits per heavy atom. The summed E-state index contributed by atoms with van der Waals surface area (Å²) in [5, 5.41) is 3.32. The van der Waals surface area contributed by atoms with Crippen LogP contribution in [0.4, 0.5) is 18.9 Å². The lowest BCUT2D eigenvalue weighted by Gasteiger charge is -2.25. The van der Waals surface area contributed by atoms with Gasteiger partial charge >= 0.3 is 15.6 Å². The first kappa shape index (κ1) is 24.5. The molecule has 0 saturated carbocycles. The van der Waals surface area contributed by atoms with Crippen molar-refractivity contribution in [1.29, 1.82) is 0 Å². The summed E-state index contributed by atoms with van der Waals surface area (Å²) in [5.74, 6) is 0. The molecule has 0 radical (unpaired) electrons. The normalized spacial score (nSPS) is 18.1. The van der Waals surface area contributed by atoms with E-state index in [1.807, 2.05) is 42.5 Å². The summed E-state index contributed by atoms with van der Waals surface area (Å²) in [5.41, 5.74) is -0.752. The number of hydrogen-bond acceptors (Lipinski definition) is 4. The standard InChI is InChI=1S/C27H22F3NO3S2/c28-27(29,30)36(32,33)34-35-25(20-10-5-2-6-11-20)17-23(19-8-3-1-4-9-19)18-26(35)22-13-14-24-21(16-22)12-7-15-31-24/h1-6,8-11,13-14,16-18,31H,7,12,15H2. The lowest BCUT2D eigenvalue weighted by Crippen LogP contribution is -2.25. The Kier molecular flexibility index (Phi) is 6.63. The number of nitrogens with one attached hydrogen (secondary N) is 1. The lowest BCUT2D eigenvalue weighted by molar-refractivity contribution is -0.0493. The summed E-state index contributed by atoms with van der Waals surface area (Å²) in [7, 11) is -7.73. The Bertz CT molecular complexity index is 1490. The van der Waals surface area contributed by atoms with Crippen LogP contribution in [0.25, 0.3) is 10.5 Å². The highest BCUT2D eigenvalue weighted by Crippen LogP contribution is 2.47. The molecule has 1 unspecified atom stereocenters. The average molecular weight is 530 g/mol. The second-order valence-electron chi connectivity index (χ2n) is 8.34. The second-order valence-corrected chi connectivity index (χ2v) is 11.7. The van der Waals surface area contributed by atoms with E-state index in [2.05, 4.69) is 5.32 Å². The smallest absolute Gasteiger partial charge is 0.385 e. The fourth-order valence-corrected chi connectivity index (χ4v) is 7.17. The minimum Gasteiger partial charge on any atom is -0.385 e. The summed E-state index contributed by atoms with van der Waals surface area (Å²) >= 11 is 0. The van der Waals surface area contributed by atoms with Gasteiger partial charge in [0.2, 0.25) is 0 Å². The number of fused-ring (bicyclic) bond motifs is 1. The number of hydrogen-bond donors (Lipinski definition) is 1. The van der Waals surface area contributed by atoms with Gasteiger partial charge in [0, 0.05) is 32.8 Å². The van der Waals surface area contributed by atoms with Gasteiger partial charge in [-0.05, 0) is 65.0 Å². The molecular formula is C27H22F3NO3S2. The molecule has 0 amide bonds. The zero-order chi connectivity index (χ0) is 25.3. The Labute approximate surface area is 210 Å². The van der Waals surface area contributed by atoms with Crippen molar-refractivity contribution in [2.75, 3.05) is 11.9 Å². The zero-order valence-corrected chi connectivity index (χ0v) is 20.6. The maximum atomic E-state index is 13.5. The van der Waals surface area contributed by atoms with E-state index in [-0.39, 0.29) is 0 Å². The SMILES string of the molecule is O=S(=O)(OS1=C(c2ccccc2)C=C(c2ccccc2)C=C1c1ccc2c(c1)CCCN2)C(F)(F)F. The van der Waals surface area contributed by atoms with Crippen LogP contribution in [0.5, 0.6) is 0 Å². The average Bonchev–Trinajstić information content (AvgIpc) is 2.88. The molecule has 1 atom stereocenters. The quantitative estimate of drug-likeness (QED) is 0.293. The van der Waals surface area contributed by atoms with E-state index in [0.717, 1.165) is 41.8 Å². The predicted octanol–water partition coefficient (Wildman–Crippen LogP) is 6.75. The second kappa shape index (κ2) is 9.72. The maximum Gasteiger partial charge on any atom is 0.524 e. The van der Waals surface area contributed by atoms with Crippen molar-refractivity contribution < 1.29 is 25.2 Å². The Balaban J connectivity index is 1.77. The summed E-state index contributed by atoms with van der Waals surface area (Å²) in [4.78, 5) is 0.729. The third kappa shape index (κ3) is 4.91. The van der Waals surface area contributed by atoms with Gasteiger partial charge in [0.05, 0.1) is 0 Å². The highest BCUT2D eigenvalue weighted by molar-refractivity contribution is 8.24. The van der Waals surface area contributed by atoms with Crippen LogP contribution in [-0.4, -0.2) is 25.3 Å². The molecule has 4 nitrogen and oxygen atoms in total. The van der Waals surface area contributed by atoms with Gasteiger partial charge in [0.25, 0.3) is 0 Å². The summed E-state index contributed by atoms with van der Waals surface area (Å²) in [6.07, 6.45) is 5.18. The lowest BCUT2D eigenvalue weighted by atomic mass is 9.98. The highest BCUT2D eigenvalue weighted by atomic mass is 32.3. The van der Waals surface area contributed by atoms with Gasteiger partial charge in [-0.2, -0.15) is 25.2 Å². The van der Waals surface area contributed by atoms with Crippen molar-refractivity contribution >= 4 is 41.9 Å².